The van der Waals surface area contributed by atoms with Crippen LogP contribution in [0.3, 0.4) is 0 Å². The van der Waals surface area contributed by atoms with Gasteiger partial charge in [0.1, 0.15) is 0 Å². The van der Waals surface area contributed by atoms with Gasteiger partial charge in [-0.3, -0.25) is 9.69 Å². The number of benzene rings is 1. The third kappa shape index (κ3) is 5.71. The molecule has 1 heterocycles. The molecule has 136 valence electrons. The number of rotatable bonds is 6. The summed E-state index contributed by atoms with van der Waals surface area (Å²) < 4.78 is 0. The van der Waals surface area contributed by atoms with Gasteiger partial charge in [-0.1, -0.05) is 41.5 Å². The molecular weight excluding hydrogens is 308 g/mol. The second-order valence-corrected chi connectivity index (χ2v) is 7.71. The number of aryl methyl sites for hydroxylation is 1. The Kier molecular flexibility index (Phi) is 6.69. The zero-order valence-electron chi connectivity index (χ0n) is 15.6. The topological polar surface area (TPSA) is 32.3 Å². The number of hydrogen-bond donors (Lipinski definition) is 1. The second kappa shape index (κ2) is 9.19. The van der Waals surface area contributed by atoms with E-state index in [9.17, 15) is 4.79 Å². The molecule has 0 radical (unpaired) electrons. The van der Waals surface area contributed by atoms with E-state index in [4.69, 9.17) is 0 Å². The van der Waals surface area contributed by atoms with Crippen LogP contribution < -0.4 is 5.32 Å². The summed E-state index contributed by atoms with van der Waals surface area (Å²) in [5, 5.41) is 3.19. The molecule has 1 aromatic carbocycles. The third-order valence-corrected chi connectivity index (χ3v) is 5.53. The highest BCUT2D eigenvalue weighted by atomic mass is 16.1. The van der Waals surface area contributed by atoms with Crippen LogP contribution in [0.1, 0.15) is 56.1 Å². The molecule has 1 saturated heterocycles. The molecule has 1 amide bonds. The van der Waals surface area contributed by atoms with Gasteiger partial charge >= 0.3 is 0 Å². The first-order valence-corrected chi connectivity index (χ1v) is 9.94. The Balaban J connectivity index is 1.43. The van der Waals surface area contributed by atoms with E-state index < -0.39 is 0 Å². The number of nitrogens with zero attached hydrogens (tertiary/aromatic N) is 1. The van der Waals surface area contributed by atoms with Crippen LogP contribution in [0.4, 0.5) is 0 Å². The lowest BCUT2D eigenvalue weighted by atomic mass is 9.95. The van der Waals surface area contributed by atoms with Crippen molar-refractivity contribution in [2.75, 3.05) is 19.6 Å². The van der Waals surface area contributed by atoms with Gasteiger partial charge in [-0.05, 0) is 64.0 Å². The van der Waals surface area contributed by atoms with Crippen molar-refractivity contribution in [1.82, 2.24) is 10.2 Å². The number of carbonyl (C=O) groups is 1. The van der Waals surface area contributed by atoms with Crippen LogP contribution in [0.25, 0.3) is 0 Å². The average Bonchev–Trinajstić information content (AvgIpc) is 2.65. The number of piperidine rings is 1. The highest BCUT2D eigenvalue weighted by molar-refractivity contribution is 5.78. The Morgan fingerprint density at radius 1 is 1.20 bits per heavy atom. The van der Waals surface area contributed by atoms with E-state index in [1.54, 1.807) is 0 Å². The van der Waals surface area contributed by atoms with Crippen LogP contribution in [0.5, 0.6) is 0 Å². The fourth-order valence-electron chi connectivity index (χ4n) is 3.99. The van der Waals surface area contributed by atoms with E-state index in [2.05, 4.69) is 47.5 Å². The molecule has 1 unspecified atom stereocenters. The van der Waals surface area contributed by atoms with E-state index in [-0.39, 0.29) is 11.8 Å². The lowest BCUT2D eigenvalue weighted by Crippen LogP contribution is -2.42. The van der Waals surface area contributed by atoms with Crippen molar-refractivity contribution in [3.05, 3.63) is 47.0 Å². The normalized spacial score (nSPS) is 21.6. The summed E-state index contributed by atoms with van der Waals surface area (Å²) in [4.78, 5) is 15.0. The highest BCUT2D eigenvalue weighted by Crippen LogP contribution is 2.21. The Hall–Kier alpha value is -1.61. The Morgan fingerprint density at radius 2 is 2.04 bits per heavy atom. The van der Waals surface area contributed by atoms with Gasteiger partial charge in [0.2, 0.25) is 5.91 Å². The van der Waals surface area contributed by atoms with Gasteiger partial charge in [-0.2, -0.15) is 0 Å². The van der Waals surface area contributed by atoms with Crippen LogP contribution in [0.15, 0.2) is 35.9 Å². The predicted molar refractivity (Wildman–Crippen MR) is 103 cm³/mol. The summed E-state index contributed by atoms with van der Waals surface area (Å²) in [6.07, 6.45) is 10.6. The SMILES string of the molecule is Cc1ccc(CN2CCCC(C(=O)NCCC3=CCCCC3)C2)cc1. The van der Waals surface area contributed by atoms with E-state index in [0.717, 1.165) is 45.4 Å². The van der Waals surface area contributed by atoms with Crippen LogP contribution in [0, 0.1) is 12.8 Å². The largest absolute Gasteiger partial charge is 0.356 e. The monoisotopic (exact) mass is 340 g/mol. The summed E-state index contributed by atoms with van der Waals surface area (Å²) in [6.45, 7) is 5.87. The molecule has 0 saturated carbocycles. The fraction of sp³-hybridized carbons (Fsp3) is 0.591. The molecule has 3 nitrogen and oxygen atoms in total. The van der Waals surface area contributed by atoms with Crippen molar-refractivity contribution in [3.63, 3.8) is 0 Å². The van der Waals surface area contributed by atoms with E-state index >= 15 is 0 Å². The van der Waals surface area contributed by atoms with Crippen molar-refractivity contribution in [3.8, 4) is 0 Å². The first-order chi connectivity index (χ1) is 12.2. The zero-order chi connectivity index (χ0) is 17.5. The van der Waals surface area contributed by atoms with Gasteiger partial charge in [0.15, 0.2) is 0 Å². The number of nitrogens with one attached hydrogen (secondary N) is 1. The lowest BCUT2D eigenvalue weighted by Gasteiger charge is -2.32. The maximum atomic E-state index is 12.5. The molecule has 2 aliphatic rings. The van der Waals surface area contributed by atoms with Gasteiger partial charge in [0.25, 0.3) is 0 Å². The minimum atomic E-state index is 0.152. The van der Waals surface area contributed by atoms with Crippen molar-refractivity contribution in [2.45, 2.75) is 58.4 Å². The molecular formula is C22H32N2O. The molecule has 0 spiro atoms. The summed E-state index contributed by atoms with van der Waals surface area (Å²) in [5.74, 6) is 0.407. The molecule has 1 atom stereocenters. The van der Waals surface area contributed by atoms with E-state index in [1.807, 2.05) is 0 Å². The highest BCUT2D eigenvalue weighted by Gasteiger charge is 2.25. The molecule has 1 aliphatic carbocycles. The van der Waals surface area contributed by atoms with Gasteiger partial charge in [0.05, 0.1) is 5.92 Å². The molecule has 3 heteroatoms. The molecule has 1 N–H and O–H groups in total. The molecule has 25 heavy (non-hydrogen) atoms. The van der Waals surface area contributed by atoms with E-state index in [1.165, 1.54) is 42.4 Å². The first-order valence-electron chi connectivity index (χ1n) is 9.94. The minimum Gasteiger partial charge on any atom is -0.356 e. The molecule has 0 aromatic heterocycles. The number of carbonyl (C=O) groups excluding carboxylic acids is 1. The maximum absolute atomic E-state index is 12.5. The van der Waals surface area contributed by atoms with Crippen molar-refractivity contribution in [1.29, 1.82) is 0 Å². The van der Waals surface area contributed by atoms with Gasteiger partial charge in [-0.15, -0.1) is 0 Å². The van der Waals surface area contributed by atoms with Crippen molar-refractivity contribution in [2.24, 2.45) is 5.92 Å². The summed E-state index contributed by atoms with van der Waals surface area (Å²) in [6, 6.07) is 8.75. The quantitative estimate of drug-likeness (QED) is 0.787. The predicted octanol–water partition coefficient (Wildman–Crippen LogP) is 4.21. The smallest absolute Gasteiger partial charge is 0.224 e. The number of amides is 1. The van der Waals surface area contributed by atoms with Gasteiger partial charge in [0, 0.05) is 19.6 Å². The summed E-state index contributed by atoms with van der Waals surface area (Å²) in [5.41, 5.74) is 4.18. The van der Waals surface area contributed by atoms with Gasteiger partial charge in [-0.25, -0.2) is 0 Å². The lowest BCUT2D eigenvalue weighted by molar-refractivity contribution is -0.126. The number of allylic oxidation sites excluding steroid dienone is 1. The van der Waals surface area contributed by atoms with E-state index in [0.29, 0.717) is 0 Å². The van der Waals surface area contributed by atoms with Crippen LogP contribution in [-0.4, -0.2) is 30.4 Å². The zero-order valence-corrected chi connectivity index (χ0v) is 15.6. The minimum absolute atomic E-state index is 0.152. The molecule has 0 bridgehead atoms. The Bertz CT molecular complexity index is 591. The standard InChI is InChI=1S/C22H32N2O/c1-18-9-11-20(12-10-18)16-24-15-5-8-21(17-24)22(25)23-14-13-19-6-3-2-4-7-19/h6,9-12,21H,2-5,7-8,13-17H2,1H3,(H,23,25). The van der Waals surface area contributed by atoms with Crippen molar-refractivity contribution < 1.29 is 4.79 Å². The van der Waals surface area contributed by atoms with Crippen LogP contribution >= 0.6 is 0 Å². The first kappa shape index (κ1) is 18.2. The second-order valence-electron chi connectivity index (χ2n) is 7.71. The van der Waals surface area contributed by atoms with Gasteiger partial charge < -0.3 is 5.32 Å². The van der Waals surface area contributed by atoms with Crippen LogP contribution in [0.2, 0.25) is 0 Å². The Labute approximate surface area is 152 Å². The van der Waals surface area contributed by atoms with Crippen molar-refractivity contribution >= 4 is 5.91 Å². The summed E-state index contributed by atoms with van der Waals surface area (Å²) in [7, 11) is 0. The molecule has 3 rings (SSSR count). The fourth-order valence-corrected chi connectivity index (χ4v) is 3.99. The maximum Gasteiger partial charge on any atom is 0.224 e. The summed E-state index contributed by atoms with van der Waals surface area (Å²) >= 11 is 0. The molecule has 1 fully saturated rings. The molecule has 1 aromatic rings. The van der Waals surface area contributed by atoms with Crippen LogP contribution in [-0.2, 0) is 11.3 Å². The average molecular weight is 341 g/mol. The molecule has 1 aliphatic heterocycles. The number of hydrogen-bond acceptors (Lipinski definition) is 2. The Morgan fingerprint density at radius 3 is 2.80 bits per heavy atom. The number of likely N-dealkylation sites (tertiary alicyclic amines) is 1. The third-order valence-electron chi connectivity index (χ3n) is 5.53.